The van der Waals surface area contributed by atoms with Gasteiger partial charge in [-0.1, -0.05) is 6.07 Å². The summed E-state index contributed by atoms with van der Waals surface area (Å²) in [6.45, 7) is 0. The molecule has 1 heterocycles. The third kappa shape index (κ3) is 2.08. The maximum absolute atomic E-state index is 11.5. The molecule has 1 fully saturated rings. The van der Waals surface area contributed by atoms with Crippen LogP contribution in [0.25, 0.3) is 6.08 Å². The molecule has 0 spiro atoms. The summed E-state index contributed by atoms with van der Waals surface area (Å²) in [5.41, 5.74) is 1.99. The van der Waals surface area contributed by atoms with Crippen molar-refractivity contribution < 1.29 is 4.79 Å². The molecule has 0 aliphatic heterocycles. The highest BCUT2D eigenvalue weighted by atomic mass is 16.1. The van der Waals surface area contributed by atoms with E-state index in [4.69, 9.17) is 0 Å². The Kier molecular flexibility index (Phi) is 2.73. The second-order valence-corrected chi connectivity index (χ2v) is 3.59. The molecule has 1 aliphatic carbocycles. The van der Waals surface area contributed by atoms with Crippen molar-refractivity contribution in [1.29, 1.82) is 0 Å². The molecular formula is C12H13NO. The molecule has 2 rings (SSSR count). The van der Waals surface area contributed by atoms with Crippen molar-refractivity contribution in [3.63, 3.8) is 0 Å². The largest absolute Gasteiger partial charge is 0.295 e. The van der Waals surface area contributed by atoms with Crippen molar-refractivity contribution >= 4 is 11.9 Å². The predicted molar refractivity (Wildman–Crippen MR) is 55.7 cm³/mol. The van der Waals surface area contributed by atoms with Gasteiger partial charge in [-0.05, 0) is 42.5 Å². The molecule has 0 unspecified atom stereocenters. The average molecular weight is 187 g/mol. The molecule has 0 N–H and O–H groups in total. The van der Waals surface area contributed by atoms with Crippen LogP contribution in [-0.4, -0.2) is 10.8 Å². The first kappa shape index (κ1) is 9.13. The van der Waals surface area contributed by atoms with E-state index in [2.05, 4.69) is 4.98 Å². The quantitative estimate of drug-likeness (QED) is 0.632. The summed E-state index contributed by atoms with van der Waals surface area (Å²) in [4.78, 5) is 15.5. The van der Waals surface area contributed by atoms with Crippen molar-refractivity contribution in [2.24, 2.45) is 0 Å². The van der Waals surface area contributed by atoms with Crippen molar-refractivity contribution in [2.45, 2.75) is 25.7 Å². The van der Waals surface area contributed by atoms with Crippen LogP contribution in [0.2, 0.25) is 0 Å². The number of nitrogens with zero attached hydrogens (tertiary/aromatic N) is 1. The summed E-state index contributed by atoms with van der Waals surface area (Å²) >= 11 is 0. The SMILES string of the molecule is O=C1CCCC/C1=C/c1cccnc1. The topological polar surface area (TPSA) is 30.0 Å². The smallest absolute Gasteiger partial charge is 0.158 e. The molecule has 1 aromatic rings. The minimum Gasteiger partial charge on any atom is -0.295 e. The van der Waals surface area contributed by atoms with Crippen LogP contribution >= 0.6 is 0 Å². The zero-order valence-corrected chi connectivity index (χ0v) is 8.07. The number of Topliss-reactive ketones (excluding diaryl/α,β-unsaturated/α-hetero) is 1. The molecule has 1 saturated carbocycles. The molecular weight excluding hydrogens is 174 g/mol. The lowest BCUT2D eigenvalue weighted by Gasteiger charge is -2.11. The van der Waals surface area contributed by atoms with Gasteiger partial charge in [0, 0.05) is 18.8 Å². The highest BCUT2D eigenvalue weighted by Gasteiger charge is 2.14. The Hall–Kier alpha value is -1.44. The van der Waals surface area contributed by atoms with E-state index in [-0.39, 0.29) is 0 Å². The first-order valence-electron chi connectivity index (χ1n) is 5.00. The van der Waals surface area contributed by atoms with E-state index in [0.717, 1.165) is 30.4 Å². The van der Waals surface area contributed by atoms with E-state index < -0.39 is 0 Å². The van der Waals surface area contributed by atoms with E-state index in [1.54, 1.807) is 12.4 Å². The second kappa shape index (κ2) is 4.18. The predicted octanol–water partition coefficient (Wildman–Crippen LogP) is 2.61. The number of carbonyl (C=O) groups is 1. The van der Waals surface area contributed by atoms with Crippen molar-refractivity contribution in [1.82, 2.24) is 4.98 Å². The Labute approximate surface area is 83.7 Å². The Morgan fingerprint density at radius 1 is 1.29 bits per heavy atom. The van der Waals surface area contributed by atoms with Gasteiger partial charge in [0.05, 0.1) is 0 Å². The van der Waals surface area contributed by atoms with Crippen molar-refractivity contribution in [3.05, 3.63) is 35.7 Å². The summed E-state index contributed by atoms with van der Waals surface area (Å²) in [7, 11) is 0. The van der Waals surface area contributed by atoms with Crippen LogP contribution in [0.4, 0.5) is 0 Å². The molecule has 0 amide bonds. The van der Waals surface area contributed by atoms with Crippen LogP contribution in [-0.2, 0) is 4.79 Å². The highest BCUT2D eigenvalue weighted by Crippen LogP contribution is 2.21. The van der Waals surface area contributed by atoms with Gasteiger partial charge in [-0.15, -0.1) is 0 Å². The van der Waals surface area contributed by atoms with E-state index in [9.17, 15) is 4.79 Å². The van der Waals surface area contributed by atoms with Crippen molar-refractivity contribution in [3.8, 4) is 0 Å². The molecule has 0 bridgehead atoms. The lowest BCUT2D eigenvalue weighted by Crippen LogP contribution is -2.07. The van der Waals surface area contributed by atoms with E-state index in [0.29, 0.717) is 12.2 Å². The van der Waals surface area contributed by atoms with Gasteiger partial charge in [-0.2, -0.15) is 0 Å². The maximum atomic E-state index is 11.5. The van der Waals surface area contributed by atoms with Gasteiger partial charge in [0.15, 0.2) is 5.78 Å². The van der Waals surface area contributed by atoms with Crippen LogP contribution in [0.15, 0.2) is 30.1 Å². The molecule has 0 aromatic carbocycles. The van der Waals surface area contributed by atoms with Gasteiger partial charge in [0.2, 0.25) is 0 Å². The summed E-state index contributed by atoms with van der Waals surface area (Å²) < 4.78 is 0. The molecule has 0 saturated heterocycles. The van der Waals surface area contributed by atoms with Gasteiger partial charge in [-0.3, -0.25) is 9.78 Å². The third-order valence-electron chi connectivity index (χ3n) is 2.48. The molecule has 2 heteroatoms. The summed E-state index contributed by atoms with van der Waals surface area (Å²) in [5.74, 6) is 0.306. The Morgan fingerprint density at radius 2 is 2.14 bits per heavy atom. The number of hydrogen-bond donors (Lipinski definition) is 0. The summed E-state index contributed by atoms with van der Waals surface area (Å²) in [5, 5.41) is 0. The lowest BCUT2D eigenvalue weighted by molar-refractivity contribution is -0.116. The van der Waals surface area contributed by atoms with E-state index >= 15 is 0 Å². The van der Waals surface area contributed by atoms with E-state index in [1.165, 1.54) is 0 Å². The fraction of sp³-hybridized carbons (Fsp3) is 0.333. The Bertz CT molecular complexity index is 354. The standard InChI is InChI=1S/C12H13NO/c14-12-6-2-1-5-11(12)8-10-4-3-7-13-9-10/h3-4,7-9H,1-2,5-6H2/b11-8-. The fourth-order valence-electron chi connectivity index (χ4n) is 1.72. The number of hydrogen-bond acceptors (Lipinski definition) is 2. The van der Waals surface area contributed by atoms with Gasteiger partial charge in [0.1, 0.15) is 0 Å². The third-order valence-corrected chi connectivity index (χ3v) is 2.48. The zero-order valence-electron chi connectivity index (χ0n) is 8.07. The zero-order chi connectivity index (χ0) is 9.80. The fourth-order valence-corrected chi connectivity index (χ4v) is 1.72. The minimum absolute atomic E-state index is 0.306. The number of carbonyl (C=O) groups excluding carboxylic acids is 1. The first-order chi connectivity index (χ1) is 6.86. The average Bonchev–Trinajstić information content (AvgIpc) is 2.23. The lowest BCUT2D eigenvalue weighted by atomic mass is 9.92. The Balaban J connectivity index is 2.21. The molecule has 72 valence electrons. The van der Waals surface area contributed by atoms with Gasteiger partial charge < -0.3 is 0 Å². The molecule has 14 heavy (non-hydrogen) atoms. The van der Waals surface area contributed by atoms with Crippen LogP contribution in [0, 0.1) is 0 Å². The van der Waals surface area contributed by atoms with Gasteiger partial charge in [0.25, 0.3) is 0 Å². The van der Waals surface area contributed by atoms with Crippen molar-refractivity contribution in [2.75, 3.05) is 0 Å². The van der Waals surface area contributed by atoms with Gasteiger partial charge >= 0.3 is 0 Å². The first-order valence-corrected chi connectivity index (χ1v) is 5.00. The Morgan fingerprint density at radius 3 is 2.86 bits per heavy atom. The summed E-state index contributed by atoms with van der Waals surface area (Å²) in [6.07, 6.45) is 9.31. The molecule has 1 aliphatic rings. The normalized spacial score (nSPS) is 20.0. The monoisotopic (exact) mass is 187 g/mol. The number of pyridine rings is 1. The number of ketones is 1. The van der Waals surface area contributed by atoms with Crippen LogP contribution in [0.1, 0.15) is 31.2 Å². The number of aromatic nitrogens is 1. The van der Waals surface area contributed by atoms with Crippen LogP contribution in [0.5, 0.6) is 0 Å². The van der Waals surface area contributed by atoms with Crippen LogP contribution < -0.4 is 0 Å². The molecule has 2 nitrogen and oxygen atoms in total. The maximum Gasteiger partial charge on any atom is 0.158 e. The number of allylic oxidation sites excluding steroid dienone is 1. The van der Waals surface area contributed by atoms with Crippen LogP contribution in [0.3, 0.4) is 0 Å². The number of rotatable bonds is 1. The van der Waals surface area contributed by atoms with E-state index in [1.807, 2.05) is 18.2 Å². The molecule has 0 radical (unpaired) electrons. The van der Waals surface area contributed by atoms with Gasteiger partial charge in [-0.25, -0.2) is 0 Å². The molecule has 0 atom stereocenters. The highest BCUT2D eigenvalue weighted by molar-refractivity contribution is 6.00. The summed E-state index contributed by atoms with van der Waals surface area (Å²) in [6, 6.07) is 3.86. The minimum atomic E-state index is 0.306. The molecule has 1 aromatic heterocycles. The second-order valence-electron chi connectivity index (χ2n) is 3.59.